The van der Waals surface area contributed by atoms with E-state index in [9.17, 15) is 26.3 Å². The van der Waals surface area contributed by atoms with Crippen LogP contribution in [0.1, 0.15) is 19.4 Å². The zero-order valence-electron chi connectivity index (χ0n) is 14.7. The lowest BCUT2D eigenvalue weighted by Crippen LogP contribution is -2.52. The maximum Gasteiger partial charge on any atom is 0.380 e. The number of rotatable bonds is 0. The molecule has 0 amide bonds. The fourth-order valence-corrected chi connectivity index (χ4v) is 4.71. The highest BCUT2D eigenvalue weighted by molar-refractivity contribution is 5.98. The predicted molar refractivity (Wildman–Crippen MR) is 90.0 cm³/mol. The molecule has 2 aliphatic heterocycles. The Hall–Kier alpha value is -2.51. The second-order valence-corrected chi connectivity index (χ2v) is 7.69. The molecule has 0 bridgehead atoms. The van der Waals surface area contributed by atoms with Gasteiger partial charge in [0.25, 0.3) is 0 Å². The summed E-state index contributed by atoms with van der Waals surface area (Å²) in [5.41, 5.74) is -6.30. The molecule has 0 saturated heterocycles. The van der Waals surface area contributed by atoms with Crippen molar-refractivity contribution in [1.29, 1.82) is 0 Å². The summed E-state index contributed by atoms with van der Waals surface area (Å²) < 4.78 is 94.1. The number of fused-ring (bicyclic) bond motifs is 6. The van der Waals surface area contributed by atoms with Crippen molar-refractivity contribution in [2.75, 3.05) is 0 Å². The molecule has 1 aromatic carbocycles. The third kappa shape index (κ3) is 1.52. The van der Waals surface area contributed by atoms with Gasteiger partial charge >= 0.3 is 17.8 Å². The SMILES string of the molecule is CC12C=CN=CC1=C1C(=C3c4ccccc4OC32C)C(F)(F)C(F)(F)C1(F)F. The van der Waals surface area contributed by atoms with Crippen molar-refractivity contribution in [3.63, 3.8) is 0 Å². The summed E-state index contributed by atoms with van der Waals surface area (Å²) in [7, 11) is 0. The van der Waals surface area contributed by atoms with Crippen LogP contribution in [0.5, 0.6) is 5.75 Å². The average molecular weight is 397 g/mol. The summed E-state index contributed by atoms with van der Waals surface area (Å²) >= 11 is 0. The van der Waals surface area contributed by atoms with Crippen LogP contribution in [0.4, 0.5) is 26.3 Å². The van der Waals surface area contributed by atoms with Gasteiger partial charge in [0.05, 0.1) is 5.41 Å². The number of para-hydroxylation sites is 1. The zero-order valence-corrected chi connectivity index (χ0v) is 14.7. The van der Waals surface area contributed by atoms with Gasteiger partial charge in [-0.3, -0.25) is 4.99 Å². The first-order valence-electron chi connectivity index (χ1n) is 8.55. The van der Waals surface area contributed by atoms with Crippen LogP contribution in [-0.2, 0) is 0 Å². The van der Waals surface area contributed by atoms with E-state index in [4.69, 9.17) is 4.74 Å². The van der Waals surface area contributed by atoms with Crippen molar-refractivity contribution < 1.29 is 31.1 Å². The van der Waals surface area contributed by atoms with Gasteiger partial charge in [-0.2, -0.15) is 26.3 Å². The molecule has 0 radical (unpaired) electrons. The lowest BCUT2D eigenvalue weighted by atomic mass is 9.59. The number of benzene rings is 1. The molecule has 1 aromatic rings. The Bertz CT molecular complexity index is 1070. The van der Waals surface area contributed by atoms with Crippen molar-refractivity contribution in [2.45, 2.75) is 37.2 Å². The largest absolute Gasteiger partial charge is 0.481 e. The molecule has 0 N–H and O–H groups in total. The van der Waals surface area contributed by atoms with Crippen LogP contribution >= 0.6 is 0 Å². The lowest BCUT2D eigenvalue weighted by Gasteiger charge is -2.48. The van der Waals surface area contributed by atoms with Gasteiger partial charge in [0, 0.05) is 34.7 Å². The number of alkyl halides is 6. The van der Waals surface area contributed by atoms with Crippen molar-refractivity contribution >= 4 is 11.8 Å². The Morgan fingerprint density at radius 1 is 0.857 bits per heavy atom. The molecule has 1 saturated carbocycles. The van der Waals surface area contributed by atoms with Gasteiger partial charge in [-0.15, -0.1) is 0 Å². The molecule has 1 fully saturated rings. The Kier molecular flexibility index (Phi) is 2.86. The minimum atomic E-state index is -5.58. The van der Waals surface area contributed by atoms with Crippen molar-refractivity contribution in [3.05, 3.63) is 58.8 Å². The van der Waals surface area contributed by atoms with E-state index in [1.807, 2.05) is 0 Å². The molecule has 2 aliphatic carbocycles. The van der Waals surface area contributed by atoms with E-state index in [0.29, 0.717) is 0 Å². The van der Waals surface area contributed by atoms with Crippen LogP contribution < -0.4 is 4.74 Å². The molecule has 5 rings (SSSR count). The first-order chi connectivity index (χ1) is 12.9. The summed E-state index contributed by atoms with van der Waals surface area (Å²) in [4.78, 5) is 3.76. The third-order valence-electron chi connectivity index (χ3n) is 6.38. The molecule has 4 aliphatic rings. The number of halogens is 6. The Balaban J connectivity index is 2.02. The molecule has 0 aromatic heterocycles. The summed E-state index contributed by atoms with van der Waals surface area (Å²) in [6.45, 7) is 2.96. The number of ether oxygens (including phenoxy) is 1. The third-order valence-corrected chi connectivity index (χ3v) is 6.38. The number of hydrogen-bond acceptors (Lipinski definition) is 2. The highest BCUT2D eigenvalue weighted by Gasteiger charge is 2.84. The van der Waals surface area contributed by atoms with Crippen LogP contribution in [0.25, 0.3) is 5.57 Å². The monoisotopic (exact) mass is 397 g/mol. The number of aliphatic imine (C=N–C) groups is 1. The summed E-state index contributed by atoms with van der Waals surface area (Å²) in [6.07, 6.45) is 3.71. The second kappa shape index (κ2) is 4.55. The number of hydrogen-bond donors (Lipinski definition) is 0. The second-order valence-electron chi connectivity index (χ2n) is 7.69. The van der Waals surface area contributed by atoms with Crippen LogP contribution in [-0.4, -0.2) is 29.6 Å². The Morgan fingerprint density at radius 3 is 2.21 bits per heavy atom. The van der Waals surface area contributed by atoms with Crippen LogP contribution in [0, 0.1) is 5.41 Å². The van der Waals surface area contributed by atoms with Gasteiger partial charge in [0.15, 0.2) is 0 Å². The van der Waals surface area contributed by atoms with Crippen LogP contribution in [0.2, 0.25) is 0 Å². The van der Waals surface area contributed by atoms with Crippen molar-refractivity contribution in [3.8, 4) is 5.75 Å². The lowest BCUT2D eigenvalue weighted by molar-refractivity contribution is -0.257. The van der Waals surface area contributed by atoms with E-state index in [-0.39, 0.29) is 22.5 Å². The van der Waals surface area contributed by atoms with E-state index < -0.39 is 39.9 Å². The van der Waals surface area contributed by atoms with E-state index in [1.54, 1.807) is 6.07 Å². The average Bonchev–Trinajstić information content (AvgIpc) is 2.98. The topological polar surface area (TPSA) is 21.6 Å². The van der Waals surface area contributed by atoms with Gasteiger partial charge in [0.1, 0.15) is 11.4 Å². The summed E-state index contributed by atoms with van der Waals surface area (Å²) in [6, 6.07) is 6.03. The molecule has 2 atom stereocenters. The highest BCUT2D eigenvalue weighted by Crippen LogP contribution is 2.71. The number of allylic oxidation sites excluding steroid dienone is 2. The number of nitrogens with zero attached hydrogens (tertiary/aromatic N) is 1. The summed E-state index contributed by atoms with van der Waals surface area (Å²) in [5.74, 6) is -15.5. The normalized spacial score (nSPS) is 35.3. The van der Waals surface area contributed by atoms with Crippen molar-refractivity contribution in [2.24, 2.45) is 10.4 Å². The standard InChI is InChI=1S/C20H13F6NO/c1-16-7-8-27-9-11(16)14-15(19(23,24)20(25,26)18(14,21)22)13-10-5-3-4-6-12(10)28-17(13,16)2/h3-9H,1-2H3. The molecule has 8 heteroatoms. The molecule has 2 heterocycles. The van der Waals surface area contributed by atoms with E-state index in [0.717, 1.165) is 6.21 Å². The van der Waals surface area contributed by atoms with Crippen molar-refractivity contribution in [1.82, 2.24) is 0 Å². The summed E-state index contributed by atoms with van der Waals surface area (Å²) in [5, 5.41) is 0. The van der Waals surface area contributed by atoms with Crippen LogP contribution in [0.15, 0.2) is 58.3 Å². The fraction of sp³-hybridized carbons (Fsp3) is 0.350. The zero-order chi connectivity index (χ0) is 20.3. The van der Waals surface area contributed by atoms with E-state index in [1.165, 1.54) is 44.3 Å². The molecule has 2 unspecified atom stereocenters. The van der Waals surface area contributed by atoms with Gasteiger partial charge < -0.3 is 4.74 Å². The molecule has 146 valence electrons. The molecular weight excluding hydrogens is 384 g/mol. The Labute approximate surface area is 155 Å². The first kappa shape index (κ1) is 17.6. The molecule has 0 spiro atoms. The van der Waals surface area contributed by atoms with Gasteiger partial charge in [-0.25, -0.2) is 0 Å². The van der Waals surface area contributed by atoms with Gasteiger partial charge in [-0.05, 0) is 25.5 Å². The predicted octanol–water partition coefficient (Wildman–Crippen LogP) is 5.43. The maximum atomic E-state index is 14.9. The van der Waals surface area contributed by atoms with E-state index >= 15 is 0 Å². The van der Waals surface area contributed by atoms with E-state index in [2.05, 4.69) is 4.99 Å². The maximum absolute atomic E-state index is 14.9. The molecular formula is C20H13F6NO. The molecule has 28 heavy (non-hydrogen) atoms. The minimum Gasteiger partial charge on any atom is -0.481 e. The fourth-order valence-electron chi connectivity index (χ4n) is 4.71. The van der Waals surface area contributed by atoms with Gasteiger partial charge in [0.2, 0.25) is 0 Å². The smallest absolute Gasteiger partial charge is 0.380 e. The first-order valence-corrected chi connectivity index (χ1v) is 8.55. The molecule has 2 nitrogen and oxygen atoms in total. The quantitative estimate of drug-likeness (QED) is 0.536. The van der Waals surface area contributed by atoms with Crippen LogP contribution in [0.3, 0.4) is 0 Å². The minimum absolute atomic E-state index is 0.113. The van der Waals surface area contributed by atoms with Gasteiger partial charge in [-0.1, -0.05) is 24.3 Å². The Morgan fingerprint density at radius 2 is 1.50 bits per heavy atom. The highest BCUT2D eigenvalue weighted by atomic mass is 19.3.